The van der Waals surface area contributed by atoms with Gasteiger partial charge in [-0.2, -0.15) is 13.2 Å². The number of rotatable bonds is 6. The van der Waals surface area contributed by atoms with Crippen LogP contribution in [-0.4, -0.2) is 57.9 Å². The Labute approximate surface area is 169 Å². The van der Waals surface area contributed by atoms with Crippen molar-refractivity contribution < 1.29 is 22.6 Å². The highest BCUT2D eigenvalue weighted by molar-refractivity contribution is 14.0. The fourth-order valence-electron chi connectivity index (χ4n) is 2.68. The van der Waals surface area contributed by atoms with E-state index < -0.39 is 11.7 Å². The number of alkyl halides is 3. The van der Waals surface area contributed by atoms with E-state index in [9.17, 15) is 13.2 Å². The maximum atomic E-state index is 12.7. The van der Waals surface area contributed by atoms with Gasteiger partial charge in [0.05, 0.1) is 18.7 Å². The zero-order valence-corrected chi connectivity index (χ0v) is 17.2. The number of nitrogens with one attached hydrogen (secondary N) is 1. The molecule has 0 saturated carbocycles. The summed E-state index contributed by atoms with van der Waals surface area (Å²) in [5.41, 5.74) is -0.715. The van der Waals surface area contributed by atoms with Crippen LogP contribution >= 0.6 is 24.0 Å². The summed E-state index contributed by atoms with van der Waals surface area (Å²) in [4.78, 5) is 6.22. The van der Waals surface area contributed by atoms with E-state index in [1.54, 1.807) is 7.05 Å². The first-order valence-corrected chi connectivity index (χ1v) is 8.19. The minimum absolute atomic E-state index is 0. The molecule has 1 aliphatic heterocycles. The highest BCUT2D eigenvalue weighted by Gasteiger charge is 2.30. The zero-order valence-electron chi connectivity index (χ0n) is 14.9. The molecule has 0 radical (unpaired) electrons. The summed E-state index contributed by atoms with van der Waals surface area (Å²) >= 11 is 0. The molecule has 0 spiro atoms. The molecule has 5 nitrogen and oxygen atoms in total. The lowest BCUT2D eigenvalue weighted by molar-refractivity contribution is -0.137. The van der Waals surface area contributed by atoms with E-state index in [2.05, 4.69) is 10.3 Å². The molecule has 0 bridgehead atoms. The van der Waals surface area contributed by atoms with Gasteiger partial charge in [0, 0.05) is 33.2 Å². The Bertz CT molecular complexity index is 579. The summed E-state index contributed by atoms with van der Waals surface area (Å²) in [5, 5.41) is 3.15. The van der Waals surface area contributed by atoms with Crippen LogP contribution in [0.25, 0.3) is 0 Å². The van der Waals surface area contributed by atoms with Gasteiger partial charge in [-0.05, 0) is 24.6 Å². The normalized spacial score (nSPS) is 17.6. The second kappa shape index (κ2) is 10.8. The Balaban J connectivity index is 0.00000338. The van der Waals surface area contributed by atoms with Gasteiger partial charge in [-0.25, -0.2) is 0 Å². The van der Waals surface area contributed by atoms with Crippen molar-refractivity contribution in [1.29, 1.82) is 0 Å². The summed E-state index contributed by atoms with van der Waals surface area (Å²) in [7, 11) is 3.64. The van der Waals surface area contributed by atoms with Crippen LogP contribution in [0.4, 0.5) is 13.2 Å². The molecule has 1 aromatic carbocycles. The fraction of sp³-hybridized carbons (Fsp3) is 0.588. The molecular formula is C17H25F3IN3O2. The molecule has 0 aliphatic carbocycles. The predicted molar refractivity (Wildman–Crippen MR) is 105 cm³/mol. The molecule has 1 unspecified atom stereocenters. The number of halogens is 4. The van der Waals surface area contributed by atoms with Crippen molar-refractivity contribution in [1.82, 2.24) is 10.2 Å². The van der Waals surface area contributed by atoms with Gasteiger partial charge >= 0.3 is 6.18 Å². The zero-order chi connectivity index (χ0) is 18.3. The van der Waals surface area contributed by atoms with E-state index in [4.69, 9.17) is 9.47 Å². The van der Waals surface area contributed by atoms with Gasteiger partial charge in [0.2, 0.25) is 0 Å². The molecule has 1 N–H and O–H groups in total. The quantitative estimate of drug-likeness (QED) is 0.290. The molecule has 0 amide bonds. The summed E-state index contributed by atoms with van der Waals surface area (Å²) in [6.45, 7) is 3.08. The smallest absolute Gasteiger partial charge is 0.416 e. The van der Waals surface area contributed by atoms with Gasteiger partial charge in [-0.3, -0.25) is 4.99 Å². The lowest BCUT2D eigenvalue weighted by Gasteiger charge is -2.24. The van der Waals surface area contributed by atoms with Crippen molar-refractivity contribution in [3.8, 4) is 5.75 Å². The Morgan fingerprint density at radius 3 is 2.81 bits per heavy atom. The largest absolute Gasteiger partial charge is 0.492 e. The fourth-order valence-corrected chi connectivity index (χ4v) is 2.68. The molecule has 1 saturated heterocycles. The van der Waals surface area contributed by atoms with Crippen LogP contribution in [0.1, 0.15) is 12.0 Å². The van der Waals surface area contributed by atoms with E-state index in [-0.39, 0.29) is 36.3 Å². The highest BCUT2D eigenvalue weighted by atomic mass is 127. The maximum Gasteiger partial charge on any atom is 0.416 e. The number of hydrogen-bond acceptors (Lipinski definition) is 3. The van der Waals surface area contributed by atoms with Crippen LogP contribution in [0.2, 0.25) is 0 Å². The molecule has 1 aromatic rings. The summed E-state index contributed by atoms with van der Waals surface area (Å²) in [6, 6.07) is 4.87. The van der Waals surface area contributed by atoms with Gasteiger partial charge in [-0.1, -0.05) is 6.07 Å². The molecule has 0 aromatic heterocycles. The Hall–Kier alpha value is -1.23. The second-order valence-corrected chi connectivity index (χ2v) is 5.96. The van der Waals surface area contributed by atoms with E-state index >= 15 is 0 Å². The number of nitrogens with zero attached hydrogens (tertiary/aromatic N) is 2. The van der Waals surface area contributed by atoms with Crippen molar-refractivity contribution in [3.63, 3.8) is 0 Å². The lowest BCUT2D eigenvalue weighted by atomic mass is 10.1. The molecule has 148 valence electrons. The number of ether oxygens (including phenoxy) is 2. The van der Waals surface area contributed by atoms with Gasteiger partial charge in [-0.15, -0.1) is 24.0 Å². The molecular weight excluding hydrogens is 462 g/mol. The first kappa shape index (κ1) is 22.8. The van der Waals surface area contributed by atoms with Gasteiger partial charge in [0.25, 0.3) is 0 Å². The van der Waals surface area contributed by atoms with Crippen LogP contribution in [0.5, 0.6) is 5.75 Å². The van der Waals surface area contributed by atoms with Crippen molar-refractivity contribution in [2.24, 2.45) is 10.9 Å². The van der Waals surface area contributed by atoms with Crippen molar-refractivity contribution in [3.05, 3.63) is 29.8 Å². The average molecular weight is 487 g/mol. The van der Waals surface area contributed by atoms with E-state index in [1.165, 1.54) is 12.1 Å². The van der Waals surface area contributed by atoms with Crippen LogP contribution < -0.4 is 10.1 Å². The van der Waals surface area contributed by atoms with Crippen molar-refractivity contribution in [2.75, 3.05) is 47.0 Å². The third kappa shape index (κ3) is 7.18. The molecule has 26 heavy (non-hydrogen) atoms. The van der Waals surface area contributed by atoms with Gasteiger partial charge in [0.1, 0.15) is 12.4 Å². The third-order valence-corrected chi connectivity index (χ3v) is 3.94. The highest BCUT2D eigenvalue weighted by Crippen LogP contribution is 2.31. The van der Waals surface area contributed by atoms with Crippen molar-refractivity contribution >= 4 is 29.9 Å². The number of benzene rings is 1. The summed E-state index contributed by atoms with van der Waals surface area (Å²) < 4.78 is 48.8. The minimum atomic E-state index is -4.37. The topological polar surface area (TPSA) is 46.1 Å². The summed E-state index contributed by atoms with van der Waals surface area (Å²) in [5.74, 6) is 1.41. The van der Waals surface area contributed by atoms with Crippen LogP contribution in [-0.2, 0) is 10.9 Å². The first-order valence-electron chi connectivity index (χ1n) is 8.19. The maximum absolute atomic E-state index is 12.7. The Morgan fingerprint density at radius 2 is 2.19 bits per heavy atom. The van der Waals surface area contributed by atoms with Crippen LogP contribution in [0.3, 0.4) is 0 Å². The van der Waals surface area contributed by atoms with E-state index in [0.717, 1.165) is 44.3 Å². The second-order valence-electron chi connectivity index (χ2n) is 5.96. The Morgan fingerprint density at radius 1 is 1.42 bits per heavy atom. The van der Waals surface area contributed by atoms with Gasteiger partial charge in [0.15, 0.2) is 5.96 Å². The molecule has 9 heteroatoms. The minimum Gasteiger partial charge on any atom is -0.492 e. The lowest BCUT2D eigenvalue weighted by Crippen LogP contribution is -2.42. The molecule has 1 heterocycles. The van der Waals surface area contributed by atoms with Crippen molar-refractivity contribution in [2.45, 2.75) is 12.6 Å². The van der Waals surface area contributed by atoms with Crippen LogP contribution in [0.15, 0.2) is 29.3 Å². The molecule has 1 aliphatic rings. The molecule has 1 atom stereocenters. The third-order valence-electron chi connectivity index (χ3n) is 3.94. The average Bonchev–Trinajstić information content (AvgIpc) is 3.07. The predicted octanol–water partition coefficient (Wildman–Crippen LogP) is 3.25. The number of aliphatic imine (C=N–C) groups is 1. The van der Waals surface area contributed by atoms with E-state index in [0.29, 0.717) is 12.5 Å². The van der Waals surface area contributed by atoms with E-state index in [1.807, 2.05) is 11.9 Å². The van der Waals surface area contributed by atoms with Crippen LogP contribution in [0, 0.1) is 5.92 Å². The molecule has 2 rings (SSSR count). The standard InChI is InChI=1S/C17H24F3N3O2.HI/c1-21-16(23(2)11-13-6-8-24-12-13)22-7-9-25-15-5-3-4-14(10-15)17(18,19)20;/h3-5,10,13H,6-9,11-12H2,1-2H3,(H,21,22);1H. The number of guanidine groups is 1. The first-order chi connectivity index (χ1) is 11.9. The number of hydrogen-bond donors (Lipinski definition) is 1. The Kier molecular flexibility index (Phi) is 9.48. The molecule has 1 fully saturated rings. The monoisotopic (exact) mass is 487 g/mol. The summed E-state index contributed by atoms with van der Waals surface area (Å²) in [6.07, 6.45) is -3.33. The van der Waals surface area contributed by atoms with Gasteiger partial charge < -0.3 is 19.7 Å². The SMILES string of the molecule is CN=C(NCCOc1cccc(C(F)(F)F)c1)N(C)CC1CCOC1.I.